The maximum Gasteiger partial charge on any atom is 0.573 e. The van der Waals surface area contributed by atoms with Crippen molar-refractivity contribution in [2.45, 2.75) is 56.3 Å². The number of carboxylic acid groups (broad SMARTS) is 1. The Balaban J connectivity index is 1.47. The summed E-state index contributed by atoms with van der Waals surface area (Å²) in [4.78, 5) is 12.1. The number of aliphatic carboxylic acids is 1. The molecule has 0 aliphatic rings. The SMILES string of the molecule is CCCCCc1ccc(-c2cc(-c3ccc(OC(F)(F)F)cc3)nn2-c2ccc(S(=O)(=O)N(C)[C@@H](Cc3ccccc3)C(=O)O)cc2)cc1. The Kier molecular flexibility index (Phi) is 10.9. The number of alkyl halides is 3. The number of sulfonamides is 1. The van der Waals surface area contributed by atoms with Gasteiger partial charge in [-0.1, -0.05) is 74.4 Å². The van der Waals surface area contributed by atoms with Gasteiger partial charge in [0, 0.05) is 18.2 Å². The molecule has 1 atom stereocenters. The van der Waals surface area contributed by atoms with Crippen LogP contribution in [0.25, 0.3) is 28.2 Å². The summed E-state index contributed by atoms with van der Waals surface area (Å²) < 4.78 is 71.8. The van der Waals surface area contributed by atoms with Gasteiger partial charge in [-0.05, 0) is 85.0 Å². The molecule has 0 saturated heterocycles. The lowest BCUT2D eigenvalue weighted by Gasteiger charge is -2.24. The van der Waals surface area contributed by atoms with Crippen LogP contribution in [0.4, 0.5) is 13.2 Å². The van der Waals surface area contributed by atoms with E-state index in [1.54, 1.807) is 47.1 Å². The summed E-state index contributed by atoms with van der Waals surface area (Å²) in [5, 5.41) is 14.7. The van der Waals surface area contributed by atoms with E-state index in [2.05, 4.69) is 11.7 Å². The van der Waals surface area contributed by atoms with Crippen LogP contribution in [0, 0.1) is 0 Å². The maximum absolute atomic E-state index is 13.6. The Morgan fingerprint density at radius 2 is 1.51 bits per heavy atom. The van der Waals surface area contributed by atoms with Crippen LogP contribution in [-0.2, 0) is 27.7 Å². The number of ether oxygens (including phenoxy) is 1. The first-order valence-corrected chi connectivity index (χ1v) is 17.2. The first-order chi connectivity index (χ1) is 23.4. The van der Waals surface area contributed by atoms with E-state index in [0.29, 0.717) is 28.2 Å². The summed E-state index contributed by atoms with van der Waals surface area (Å²) in [6.45, 7) is 2.15. The molecule has 8 nitrogen and oxygen atoms in total. The van der Waals surface area contributed by atoms with Crippen LogP contribution in [-0.4, -0.2) is 53.0 Å². The second-order valence-corrected chi connectivity index (χ2v) is 13.6. The number of nitrogens with zero attached hydrogens (tertiary/aromatic N) is 3. The molecule has 256 valence electrons. The van der Waals surface area contributed by atoms with E-state index >= 15 is 0 Å². The van der Waals surface area contributed by atoms with E-state index in [9.17, 15) is 31.5 Å². The molecule has 0 bridgehead atoms. The van der Waals surface area contributed by atoms with Crippen molar-refractivity contribution in [2.24, 2.45) is 0 Å². The Labute approximate surface area is 283 Å². The molecule has 0 amide bonds. The average molecular weight is 692 g/mol. The van der Waals surface area contributed by atoms with Crippen LogP contribution < -0.4 is 4.74 Å². The number of aromatic nitrogens is 2. The van der Waals surface area contributed by atoms with Gasteiger partial charge in [0.1, 0.15) is 11.8 Å². The third-order valence-corrected chi connectivity index (χ3v) is 10.0. The molecule has 5 aromatic rings. The fraction of sp³-hybridized carbons (Fsp3) is 0.243. The van der Waals surface area contributed by atoms with Crippen LogP contribution in [0.2, 0.25) is 0 Å². The van der Waals surface area contributed by atoms with Crippen LogP contribution in [0.15, 0.2) is 114 Å². The van der Waals surface area contributed by atoms with Crippen LogP contribution in [0.3, 0.4) is 0 Å². The number of halogens is 3. The number of carbonyl (C=O) groups is 1. The smallest absolute Gasteiger partial charge is 0.480 e. The van der Waals surface area contributed by atoms with Gasteiger partial charge < -0.3 is 9.84 Å². The van der Waals surface area contributed by atoms with Crippen molar-refractivity contribution >= 4 is 16.0 Å². The van der Waals surface area contributed by atoms with Crippen LogP contribution in [0.1, 0.15) is 37.3 Å². The molecular weight excluding hydrogens is 655 g/mol. The number of aryl methyl sites for hydroxylation is 1. The minimum Gasteiger partial charge on any atom is -0.480 e. The number of carboxylic acids is 1. The normalized spacial score (nSPS) is 12.6. The quantitative estimate of drug-likeness (QED) is 0.118. The van der Waals surface area contributed by atoms with Gasteiger partial charge in [0.15, 0.2) is 0 Å². The molecule has 0 fully saturated rings. The molecule has 0 radical (unpaired) electrons. The maximum atomic E-state index is 13.6. The predicted molar refractivity (Wildman–Crippen MR) is 181 cm³/mol. The van der Waals surface area contributed by atoms with Crippen molar-refractivity contribution in [3.05, 3.63) is 120 Å². The molecule has 0 unspecified atom stereocenters. The summed E-state index contributed by atoms with van der Waals surface area (Å²) in [6.07, 6.45) is -0.545. The second-order valence-electron chi connectivity index (χ2n) is 11.6. The summed E-state index contributed by atoms with van der Waals surface area (Å²) in [5.41, 5.74) is 4.92. The molecule has 49 heavy (non-hydrogen) atoms. The van der Waals surface area contributed by atoms with E-state index in [-0.39, 0.29) is 17.1 Å². The number of hydrogen-bond acceptors (Lipinski definition) is 5. The number of likely N-dealkylation sites (N-methyl/N-ethyl adjacent to an activating group) is 1. The lowest BCUT2D eigenvalue weighted by Crippen LogP contribution is -2.43. The minimum atomic E-state index is -4.82. The first kappa shape index (κ1) is 35.4. The Morgan fingerprint density at radius 1 is 0.878 bits per heavy atom. The molecule has 4 aromatic carbocycles. The van der Waals surface area contributed by atoms with Crippen LogP contribution in [0.5, 0.6) is 5.75 Å². The fourth-order valence-electron chi connectivity index (χ4n) is 5.48. The highest BCUT2D eigenvalue weighted by Crippen LogP contribution is 2.32. The van der Waals surface area contributed by atoms with E-state index in [1.165, 1.54) is 49.0 Å². The highest BCUT2D eigenvalue weighted by molar-refractivity contribution is 7.89. The topological polar surface area (TPSA) is 102 Å². The van der Waals surface area contributed by atoms with Gasteiger partial charge in [-0.2, -0.15) is 9.40 Å². The third-order valence-electron chi connectivity index (χ3n) is 8.17. The van der Waals surface area contributed by atoms with E-state index < -0.39 is 28.4 Å². The summed E-state index contributed by atoms with van der Waals surface area (Å²) in [6, 6.07) is 28.7. The lowest BCUT2D eigenvalue weighted by atomic mass is 10.0. The van der Waals surface area contributed by atoms with Gasteiger partial charge in [-0.15, -0.1) is 13.2 Å². The molecule has 1 N–H and O–H groups in total. The highest BCUT2D eigenvalue weighted by atomic mass is 32.2. The largest absolute Gasteiger partial charge is 0.573 e. The summed E-state index contributed by atoms with van der Waals surface area (Å²) >= 11 is 0. The van der Waals surface area contributed by atoms with Gasteiger partial charge in [-0.25, -0.2) is 13.1 Å². The summed E-state index contributed by atoms with van der Waals surface area (Å²) in [7, 11) is -2.95. The standard InChI is InChI=1S/C37H36F3N3O5S/c1-3-4-6-9-26-12-14-29(15-13-26)34-25-33(28-16-20-31(21-17-28)48-37(38,39)40)41-43(34)30-18-22-32(23-19-30)49(46,47)42(2)35(36(44)45)24-27-10-7-5-8-11-27/h5,7-8,10-23,25,35H,3-4,6,9,24H2,1-2H3,(H,44,45)/t35-/m0/s1. The van der Waals surface area contributed by atoms with Crippen LogP contribution >= 0.6 is 0 Å². The van der Waals surface area contributed by atoms with Crippen molar-refractivity contribution in [3.63, 3.8) is 0 Å². The van der Waals surface area contributed by atoms with Crippen molar-refractivity contribution in [1.82, 2.24) is 14.1 Å². The molecule has 0 spiro atoms. The highest BCUT2D eigenvalue weighted by Gasteiger charge is 2.33. The molecule has 0 aliphatic heterocycles. The van der Waals surface area contributed by atoms with Gasteiger partial charge >= 0.3 is 12.3 Å². The monoisotopic (exact) mass is 691 g/mol. The van der Waals surface area contributed by atoms with Gasteiger partial charge in [0.05, 0.1) is 22.0 Å². The Hall–Kier alpha value is -4.94. The molecule has 5 rings (SSSR count). The molecule has 1 heterocycles. The van der Waals surface area contributed by atoms with Crippen molar-refractivity contribution < 1.29 is 36.2 Å². The molecule has 0 aliphatic carbocycles. The molecule has 0 saturated carbocycles. The number of benzene rings is 4. The molecule has 12 heteroatoms. The van der Waals surface area contributed by atoms with Crippen molar-refractivity contribution in [3.8, 4) is 34.0 Å². The second kappa shape index (κ2) is 15.1. The van der Waals surface area contributed by atoms with Gasteiger partial charge in [-0.3, -0.25) is 4.79 Å². The molecular formula is C37H36F3N3O5S. The van der Waals surface area contributed by atoms with Gasteiger partial charge in [0.25, 0.3) is 0 Å². The average Bonchev–Trinajstić information content (AvgIpc) is 3.53. The summed E-state index contributed by atoms with van der Waals surface area (Å²) in [5.74, 6) is -1.63. The first-order valence-electron chi connectivity index (χ1n) is 15.8. The molecule has 1 aromatic heterocycles. The van der Waals surface area contributed by atoms with E-state index in [1.807, 2.05) is 30.3 Å². The Bertz CT molecular complexity index is 1960. The third kappa shape index (κ3) is 8.76. The lowest BCUT2D eigenvalue weighted by molar-refractivity contribution is -0.274. The Morgan fingerprint density at radius 3 is 2.10 bits per heavy atom. The zero-order valence-electron chi connectivity index (χ0n) is 27.0. The van der Waals surface area contributed by atoms with E-state index in [4.69, 9.17) is 5.10 Å². The zero-order chi connectivity index (χ0) is 35.2. The van der Waals surface area contributed by atoms with E-state index in [0.717, 1.165) is 35.6 Å². The zero-order valence-corrected chi connectivity index (χ0v) is 27.8. The van der Waals surface area contributed by atoms with Crippen molar-refractivity contribution in [2.75, 3.05) is 7.05 Å². The van der Waals surface area contributed by atoms with Gasteiger partial charge in [0.2, 0.25) is 10.0 Å². The van der Waals surface area contributed by atoms with Crippen molar-refractivity contribution in [1.29, 1.82) is 0 Å². The number of rotatable bonds is 14. The number of hydrogen-bond donors (Lipinski definition) is 1. The predicted octanol–water partition coefficient (Wildman–Crippen LogP) is 8.15. The number of unbranched alkanes of at least 4 members (excludes halogenated alkanes) is 2. The fourth-order valence-corrected chi connectivity index (χ4v) is 6.79. The minimum absolute atomic E-state index is 0.00981.